The molecule has 0 heterocycles. The molecular weight excluding hydrogens is 297 g/mol. The Labute approximate surface area is 127 Å². The Hall–Kier alpha value is -1.71. The summed E-state index contributed by atoms with van der Waals surface area (Å²) in [5.74, 6) is 0.463. The van der Waals surface area contributed by atoms with Crippen molar-refractivity contribution in [3.8, 4) is 5.75 Å². The van der Waals surface area contributed by atoms with Crippen LogP contribution >= 0.6 is 23.2 Å². The van der Waals surface area contributed by atoms with Crippen molar-refractivity contribution in [3.05, 3.63) is 63.6 Å². The van der Waals surface area contributed by atoms with Gasteiger partial charge in [0, 0.05) is 22.7 Å². The molecule has 104 valence electrons. The van der Waals surface area contributed by atoms with Gasteiger partial charge in [-0.3, -0.25) is 4.79 Å². The van der Waals surface area contributed by atoms with Crippen molar-refractivity contribution in [2.75, 3.05) is 7.05 Å². The topological polar surface area (TPSA) is 38.3 Å². The van der Waals surface area contributed by atoms with E-state index in [1.165, 1.54) is 0 Å². The summed E-state index contributed by atoms with van der Waals surface area (Å²) < 4.78 is 5.62. The molecule has 1 amide bonds. The number of rotatable bonds is 4. The summed E-state index contributed by atoms with van der Waals surface area (Å²) in [5, 5.41) is 3.62. The molecule has 1 N–H and O–H groups in total. The number of ether oxygens (including phenoxy) is 1. The van der Waals surface area contributed by atoms with Gasteiger partial charge in [0.15, 0.2) is 0 Å². The highest BCUT2D eigenvalue weighted by Gasteiger charge is 2.05. The van der Waals surface area contributed by atoms with Gasteiger partial charge in [-0.15, -0.1) is 0 Å². The summed E-state index contributed by atoms with van der Waals surface area (Å²) in [4.78, 5) is 11.5. The summed E-state index contributed by atoms with van der Waals surface area (Å²) in [6, 6.07) is 12.3. The van der Waals surface area contributed by atoms with E-state index in [9.17, 15) is 4.79 Å². The lowest BCUT2D eigenvalue weighted by Crippen LogP contribution is -2.17. The lowest BCUT2D eigenvalue weighted by molar-refractivity contribution is 0.0963. The minimum atomic E-state index is -0.127. The fourth-order valence-corrected chi connectivity index (χ4v) is 2.23. The van der Waals surface area contributed by atoms with Crippen LogP contribution in [0.4, 0.5) is 0 Å². The number of benzene rings is 2. The standard InChI is InChI=1S/C15H13Cl2NO2/c1-18-15(19)11-4-2-3-10(5-11)9-20-14-7-12(16)6-13(17)8-14/h2-8H,9H2,1H3,(H,18,19). The maximum Gasteiger partial charge on any atom is 0.251 e. The van der Waals surface area contributed by atoms with Gasteiger partial charge in [0.25, 0.3) is 5.91 Å². The Morgan fingerprint density at radius 2 is 1.85 bits per heavy atom. The van der Waals surface area contributed by atoms with Crippen LogP contribution in [0.2, 0.25) is 10.0 Å². The van der Waals surface area contributed by atoms with Gasteiger partial charge in [0.1, 0.15) is 12.4 Å². The van der Waals surface area contributed by atoms with E-state index in [0.29, 0.717) is 28.0 Å². The smallest absolute Gasteiger partial charge is 0.251 e. The molecule has 0 saturated heterocycles. The average Bonchev–Trinajstić information content (AvgIpc) is 2.43. The van der Waals surface area contributed by atoms with E-state index in [1.54, 1.807) is 37.4 Å². The first kappa shape index (κ1) is 14.7. The normalized spacial score (nSPS) is 10.2. The van der Waals surface area contributed by atoms with Crippen LogP contribution in [-0.4, -0.2) is 13.0 Å². The Kier molecular flexibility index (Phi) is 4.88. The average molecular weight is 310 g/mol. The molecule has 0 atom stereocenters. The van der Waals surface area contributed by atoms with Gasteiger partial charge in [-0.2, -0.15) is 0 Å². The first-order chi connectivity index (χ1) is 9.58. The summed E-state index contributed by atoms with van der Waals surface area (Å²) in [6.07, 6.45) is 0. The van der Waals surface area contributed by atoms with E-state index in [-0.39, 0.29) is 5.91 Å². The molecule has 5 heteroatoms. The molecule has 0 aliphatic heterocycles. The molecule has 2 rings (SSSR count). The highest BCUT2D eigenvalue weighted by atomic mass is 35.5. The van der Waals surface area contributed by atoms with Crippen molar-refractivity contribution in [1.82, 2.24) is 5.32 Å². The van der Waals surface area contributed by atoms with Gasteiger partial charge in [-0.05, 0) is 35.9 Å². The Morgan fingerprint density at radius 1 is 1.15 bits per heavy atom. The summed E-state index contributed by atoms with van der Waals surface area (Å²) in [5.41, 5.74) is 1.49. The first-order valence-electron chi connectivity index (χ1n) is 5.98. The lowest BCUT2D eigenvalue weighted by atomic mass is 10.1. The van der Waals surface area contributed by atoms with Gasteiger partial charge in [0.2, 0.25) is 0 Å². The number of carbonyl (C=O) groups excluding carboxylic acids is 1. The second-order valence-electron chi connectivity index (χ2n) is 4.17. The maximum absolute atomic E-state index is 11.5. The number of amides is 1. The molecule has 0 radical (unpaired) electrons. The van der Waals surface area contributed by atoms with Crippen molar-refractivity contribution in [3.63, 3.8) is 0 Å². The first-order valence-corrected chi connectivity index (χ1v) is 6.74. The summed E-state index contributed by atoms with van der Waals surface area (Å²) in [7, 11) is 1.60. The van der Waals surface area contributed by atoms with Crippen molar-refractivity contribution < 1.29 is 9.53 Å². The summed E-state index contributed by atoms with van der Waals surface area (Å²) >= 11 is 11.8. The number of hydrogen-bond acceptors (Lipinski definition) is 2. The minimum Gasteiger partial charge on any atom is -0.489 e. The Bertz CT molecular complexity index is 609. The van der Waals surface area contributed by atoms with E-state index in [4.69, 9.17) is 27.9 Å². The fraction of sp³-hybridized carbons (Fsp3) is 0.133. The summed E-state index contributed by atoms with van der Waals surface area (Å²) in [6.45, 7) is 0.335. The third-order valence-electron chi connectivity index (χ3n) is 2.66. The van der Waals surface area contributed by atoms with Crippen LogP contribution in [-0.2, 0) is 6.61 Å². The molecule has 0 fully saturated rings. The largest absolute Gasteiger partial charge is 0.489 e. The fourth-order valence-electron chi connectivity index (χ4n) is 1.73. The number of carbonyl (C=O) groups is 1. The minimum absolute atomic E-state index is 0.127. The molecule has 0 aliphatic rings. The molecule has 0 aliphatic carbocycles. The Balaban J connectivity index is 2.09. The number of nitrogens with one attached hydrogen (secondary N) is 1. The molecule has 2 aromatic rings. The molecule has 2 aromatic carbocycles. The van der Waals surface area contributed by atoms with Gasteiger partial charge >= 0.3 is 0 Å². The molecule has 20 heavy (non-hydrogen) atoms. The van der Waals surface area contributed by atoms with Crippen LogP contribution < -0.4 is 10.1 Å². The SMILES string of the molecule is CNC(=O)c1cccc(COc2cc(Cl)cc(Cl)c2)c1. The van der Waals surface area contributed by atoms with E-state index < -0.39 is 0 Å². The van der Waals surface area contributed by atoms with Crippen molar-refractivity contribution in [2.45, 2.75) is 6.61 Å². The highest BCUT2D eigenvalue weighted by molar-refractivity contribution is 6.34. The second-order valence-corrected chi connectivity index (χ2v) is 5.05. The predicted molar refractivity (Wildman–Crippen MR) is 80.6 cm³/mol. The molecule has 0 aromatic heterocycles. The zero-order chi connectivity index (χ0) is 14.5. The molecule has 0 bridgehead atoms. The third-order valence-corrected chi connectivity index (χ3v) is 3.09. The van der Waals surface area contributed by atoms with Crippen LogP contribution in [0.5, 0.6) is 5.75 Å². The molecule has 0 unspecified atom stereocenters. The molecule has 0 saturated carbocycles. The number of hydrogen-bond donors (Lipinski definition) is 1. The zero-order valence-corrected chi connectivity index (χ0v) is 12.3. The van der Waals surface area contributed by atoms with Gasteiger partial charge in [0.05, 0.1) is 0 Å². The van der Waals surface area contributed by atoms with Crippen LogP contribution in [0, 0.1) is 0 Å². The monoisotopic (exact) mass is 309 g/mol. The highest BCUT2D eigenvalue weighted by Crippen LogP contribution is 2.24. The van der Waals surface area contributed by atoms with Crippen LogP contribution in [0.25, 0.3) is 0 Å². The maximum atomic E-state index is 11.5. The molecule has 3 nitrogen and oxygen atoms in total. The Morgan fingerprint density at radius 3 is 2.50 bits per heavy atom. The van der Waals surface area contributed by atoms with E-state index >= 15 is 0 Å². The molecular formula is C15H13Cl2NO2. The van der Waals surface area contributed by atoms with E-state index in [0.717, 1.165) is 5.56 Å². The quantitative estimate of drug-likeness (QED) is 0.929. The lowest BCUT2D eigenvalue weighted by Gasteiger charge is -2.08. The predicted octanol–water partition coefficient (Wildman–Crippen LogP) is 3.93. The zero-order valence-electron chi connectivity index (χ0n) is 10.8. The van der Waals surface area contributed by atoms with Gasteiger partial charge in [-0.25, -0.2) is 0 Å². The van der Waals surface area contributed by atoms with E-state index in [2.05, 4.69) is 5.32 Å². The number of halogens is 2. The van der Waals surface area contributed by atoms with Crippen molar-refractivity contribution >= 4 is 29.1 Å². The third kappa shape index (κ3) is 3.89. The van der Waals surface area contributed by atoms with Crippen molar-refractivity contribution in [2.24, 2.45) is 0 Å². The van der Waals surface area contributed by atoms with Crippen LogP contribution in [0.1, 0.15) is 15.9 Å². The van der Waals surface area contributed by atoms with Crippen LogP contribution in [0.15, 0.2) is 42.5 Å². The second kappa shape index (κ2) is 6.64. The van der Waals surface area contributed by atoms with Crippen LogP contribution in [0.3, 0.4) is 0 Å². The van der Waals surface area contributed by atoms with Gasteiger partial charge in [-0.1, -0.05) is 35.3 Å². The van der Waals surface area contributed by atoms with Gasteiger partial charge < -0.3 is 10.1 Å². The van der Waals surface area contributed by atoms with Crippen molar-refractivity contribution in [1.29, 1.82) is 0 Å². The van der Waals surface area contributed by atoms with E-state index in [1.807, 2.05) is 12.1 Å². The molecule has 0 spiro atoms.